The first-order valence-corrected chi connectivity index (χ1v) is 7.64. The van der Waals surface area contributed by atoms with Crippen LogP contribution in [0.25, 0.3) is 0 Å². The Kier molecular flexibility index (Phi) is 3.64. The Morgan fingerprint density at radius 1 is 1.40 bits per heavy atom. The van der Waals surface area contributed by atoms with Crippen LogP contribution in [0, 0.1) is 0 Å². The van der Waals surface area contributed by atoms with Crippen molar-refractivity contribution in [2.75, 3.05) is 23.9 Å². The van der Waals surface area contributed by atoms with E-state index >= 15 is 0 Å². The first kappa shape index (κ1) is 13.1. The molecule has 0 fully saturated rings. The van der Waals surface area contributed by atoms with Gasteiger partial charge in [0, 0.05) is 12.5 Å². The molecule has 5 nitrogen and oxygen atoms in total. The molecule has 1 aliphatic rings. The largest absolute Gasteiger partial charge is 0.488 e. The van der Waals surface area contributed by atoms with Gasteiger partial charge in [-0.05, 0) is 17.9 Å². The van der Waals surface area contributed by atoms with Crippen molar-refractivity contribution in [2.45, 2.75) is 17.7 Å². The van der Waals surface area contributed by atoms with Crippen molar-refractivity contribution in [1.29, 1.82) is 0 Å². The summed E-state index contributed by atoms with van der Waals surface area (Å²) in [5.74, 6) is 2.19. The molecule has 0 aliphatic carbocycles. The molecule has 2 aromatic rings. The maximum atomic E-state index is 5.87. The molecule has 1 aliphatic heterocycles. The molecule has 6 heteroatoms. The van der Waals surface area contributed by atoms with Crippen LogP contribution in [0.2, 0.25) is 0 Å². The Balaban J connectivity index is 1.63. The van der Waals surface area contributed by atoms with E-state index < -0.39 is 0 Å². The van der Waals surface area contributed by atoms with Crippen LogP contribution in [0.3, 0.4) is 0 Å². The second-order valence-electron chi connectivity index (χ2n) is 4.60. The van der Waals surface area contributed by atoms with Gasteiger partial charge in [-0.1, -0.05) is 30.0 Å². The summed E-state index contributed by atoms with van der Waals surface area (Å²) in [6.45, 7) is 0.693. The highest BCUT2D eigenvalue weighted by atomic mass is 32.2. The highest BCUT2D eigenvalue weighted by molar-refractivity contribution is 7.98. The van der Waals surface area contributed by atoms with Crippen LogP contribution in [0.15, 0.2) is 35.5 Å². The number of rotatable bonds is 4. The molecule has 0 amide bonds. The lowest BCUT2D eigenvalue weighted by molar-refractivity contribution is 0.246. The summed E-state index contributed by atoms with van der Waals surface area (Å²) in [7, 11) is 0. The van der Waals surface area contributed by atoms with Crippen molar-refractivity contribution >= 4 is 23.4 Å². The Morgan fingerprint density at radius 2 is 2.25 bits per heavy atom. The number of anilines is 2. The van der Waals surface area contributed by atoms with E-state index in [0.29, 0.717) is 17.5 Å². The number of nitrogens with one attached hydrogen (secondary N) is 1. The fourth-order valence-electron chi connectivity index (χ4n) is 2.21. The zero-order valence-corrected chi connectivity index (χ0v) is 12.0. The van der Waals surface area contributed by atoms with E-state index in [2.05, 4.69) is 21.4 Å². The number of benzene rings is 1. The number of fused-ring (bicyclic) bond motifs is 1. The van der Waals surface area contributed by atoms with Crippen molar-refractivity contribution in [2.24, 2.45) is 0 Å². The normalized spacial score (nSPS) is 16.6. The maximum Gasteiger partial charge on any atom is 0.191 e. The summed E-state index contributed by atoms with van der Waals surface area (Å²) in [5.41, 5.74) is 7.01. The third kappa shape index (κ3) is 2.80. The molecule has 3 N–H and O–H groups in total. The van der Waals surface area contributed by atoms with Crippen LogP contribution in [-0.4, -0.2) is 28.9 Å². The Hall–Kier alpha value is -1.95. The number of aromatic nitrogens is 2. The van der Waals surface area contributed by atoms with Crippen molar-refractivity contribution in [3.63, 3.8) is 0 Å². The van der Waals surface area contributed by atoms with Gasteiger partial charge in [0.1, 0.15) is 23.5 Å². The van der Waals surface area contributed by atoms with Crippen LogP contribution >= 0.6 is 11.8 Å². The van der Waals surface area contributed by atoms with Gasteiger partial charge in [-0.3, -0.25) is 0 Å². The molecule has 20 heavy (non-hydrogen) atoms. The SMILES string of the molecule is CSc1nc(N)cc(NCC2Cc3ccccc3O2)n1. The maximum absolute atomic E-state index is 5.87. The Labute approximate surface area is 122 Å². The van der Waals surface area contributed by atoms with Crippen LogP contribution < -0.4 is 15.8 Å². The molecule has 2 heterocycles. The number of nitrogen functional groups attached to an aromatic ring is 1. The zero-order chi connectivity index (χ0) is 13.9. The number of thioether (sulfide) groups is 1. The number of nitrogens with zero attached hydrogens (tertiary/aromatic N) is 2. The molecule has 1 aromatic heterocycles. The molecule has 1 unspecified atom stereocenters. The van der Waals surface area contributed by atoms with E-state index in [-0.39, 0.29) is 6.10 Å². The number of nitrogens with two attached hydrogens (primary N) is 1. The fourth-order valence-corrected chi connectivity index (χ4v) is 2.60. The van der Waals surface area contributed by atoms with Gasteiger partial charge in [-0.15, -0.1) is 0 Å². The first-order chi connectivity index (χ1) is 9.74. The smallest absolute Gasteiger partial charge is 0.191 e. The molecule has 104 valence electrons. The van der Waals surface area contributed by atoms with Gasteiger partial charge < -0.3 is 15.8 Å². The number of para-hydroxylation sites is 1. The first-order valence-electron chi connectivity index (χ1n) is 6.41. The Bertz CT molecular complexity index is 595. The second kappa shape index (κ2) is 5.58. The summed E-state index contributed by atoms with van der Waals surface area (Å²) >= 11 is 1.47. The van der Waals surface area contributed by atoms with Crippen LogP contribution in [0.1, 0.15) is 5.56 Å². The fraction of sp³-hybridized carbons (Fsp3) is 0.286. The molecule has 0 spiro atoms. The van der Waals surface area contributed by atoms with E-state index in [0.717, 1.165) is 18.0 Å². The topological polar surface area (TPSA) is 73.1 Å². The molecule has 1 aromatic carbocycles. The average Bonchev–Trinajstić information content (AvgIpc) is 2.87. The molecule has 0 bridgehead atoms. The highest BCUT2D eigenvalue weighted by Gasteiger charge is 2.22. The summed E-state index contributed by atoms with van der Waals surface area (Å²) in [6.07, 6.45) is 2.97. The summed E-state index contributed by atoms with van der Waals surface area (Å²) in [4.78, 5) is 8.49. The Morgan fingerprint density at radius 3 is 3.05 bits per heavy atom. The van der Waals surface area contributed by atoms with Gasteiger partial charge in [0.2, 0.25) is 0 Å². The second-order valence-corrected chi connectivity index (χ2v) is 5.37. The standard InChI is InChI=1S/C14H16N4OS/c1-20-14-17-12(15)7-13(18-14)16-8-10-6-9-4-2-3-5-11(9)19-10/h2-5,7,10H,6,8H2,1H3,(H3,15,16,17,18). The lowest BCUT2D eigenvalue weighted by atomic mass is 10.1. The van der Waals surface area contributed by atoms with E-state index in [9.17, 15) is 0 Å². The van der Waals surface area contributed by atoms with Crippen molar-refractivity contribution in [3.8, 4) is 5.75 Å². The summed E-state index contributed by atoms with van der Waals surface area (Å²) < 4.78 is 5.87. The third-order valence-electron chi connectivity index (χ3n) is 3.13. The van der Waals surface area contributed by atoms with Gasteiger partial charge in [-0.2, -0.15) is 0 Å². The van der Waals surface area contributed by atoms with E-state index in [1.54, 1.807) is 6.07 Å². The molecule has 0 radical (unpaired) electrons. The minimum absolute atomic E-state index is 0.126. The van der Waals surface area contributed by atoms with E-state index in [4.69, 9.17) is 10.5 Å². The van der Waals surface area contributed by atoms with Gasteiger partial charge in [-0.25, -0.2) is 9.97 Å². The lowest BCUT2D eigenvalue weighted by Crippen LogP contribution is -2.24. The van der Waals surface area contributed by atoms with Gasteiger partial charge >= 0.3 is 0 Å². The average molecular weight is 288 g/mol. The number of hydrogen-bond donors (Lipinski definition) is 2. The molecule has 1 atom stereocenters. The quantitative estimate of drug-likeness (QED) is 0.664. The summed E-state index contributed by atoms with van der Waals surface area (Å²) in [6, 6.07) is 9.87. The van der Waals surface area contributed by atoms with Crippen LogP contribution in [0.5, 0.6) is 5.75 Å². The highest BCUT2D eigenvalue weighted by Crippen LogP contribution is 2.28. The molecule has 0 saturated heterocycles. The van der Waals surface area contributed by atoms with Gasteiger partial charge in [0.15, 0.2) is 5.16 Å². The molecular formula is C14H16N4OS. The monoisotopic (exact) mass is 288 g/mol. The number of ether oxygens (including phenoxy) is 1. The minimum atomic E-state index is 0.126. The number of hydrogen-bond acceptors (Lipinski definition) is 6. The minimum Gasteiger partial charge on any atom is -0.488 e. The van der Waals surface area contributed by atoms with Crippen molar-refractivity contribution in [1.82, 2.24) is 9.97 Å². The third-order valence-corrected chi connectivity index (χ3v) is 3.68. The zero-order valence-electron chi connectivity index (χ0n) is 11.2. The van der Waals surface area contributed by atoms with Crippen LogP contribution in [0.4, 0.5) is 11.6 Å². The van der Waals surface area contributed by atoms with Crippen molar-refractivity contribution in [3.05, 3.63) is 35.9 Å². The van der Waals surface area contributed by atoms with Crippen molar-refractivity contribution < 1.29 is 4.74 Å². The molecular weight excluding hydrogens is 272 g/mol. The van der Waals surface area contributed by atoms with E-state index in [1.165, 1.54) is 17.3 Å². The summed E-state index contributed by atoms with van der Waals surface area (Å²) in [5, 5.41) is 3.94. The van der Waals surface area contributed by atoms with Crippen LogP contribution in [-0.2, 0) is 6.42 Å². The van der Waals surface area contributed by atoms with Gasteiger partial charge in [0.05, 0.1) is 6.54 Å². The predicted octanol–water partition coefficient (Wildman–Crippen LogP) is 2.20. The van der Waals surface area contributed by atoms with Gasteiger partial charge in [0.25, 0.3) is 0 Å². The van der Waals surface area contributed by atoms with E-state index in [1.807, 2.05) is 24.5 Å². The molecule has 3 rings (SSSR count). The predicted molar refractivity (Wildman–Crippen MR) is 81.3 cm³/mol. The molecule has 0 saturated carbocycles. The lowest BCUT2D eigenvalue weighted by Gasteiger charge is -2.13.